The topological polar surface area (TPSA) is 74.9 Å². The Hall–Kier alpha value is -3.48. The molecule has 2 aliphatic heterocycles. The van der Waals surface area contributed by atoms with E-state index in [0.717, 1.165) is 40.6 Å². The number of hydrogen-bond donors (Lipinski definition) is 1. The number of nitrogens with one attached hydrogen (secondary N) is 1. The van der Waals surface area contributed by atoms with Crippen LogP contribution in [0.5, 0.6) is 11.5 Å². The van der Waals surface area contributed by atoms with E-state index in [0.29, 0.717) is 24.5 Å². The van der Waals surface area contributed by atoms with Crippen molar-refractivity contribution in [2.75, 3.05) is 20.8 Å². The molecule has 2 aromatic carbocycles. The molecule has 0 saturated carbocycles. The first-order valence-corrected chi connectivity index (χ1v) is 11.0. The first-order chi connectivity index (χ1) is 15.6. The number of ether oxygens (including phenoxy) is 2. The molecule has 3 aromatic rings. The second-order valence-electron chi connectivity index (χ2n) is 8.30. The second kappa shape index (κ2) is 7.89. The molecule has 0 radical (unpaired) electrons. The molecule has 0 bridgehead atoms. The molecule has 7 nitrogen and oxygen atoms in total. The Morgan fingerprint density at radius 3 is 2.62 bits per heavy atom. The summed E-state index contributed by atoms with van der Waals surface area (Å²) in [6, 6.07) is 12.5. The summed E-state index contributed by atoms with van der Waals surface area (Å²) in [7, 11) is 3.19. The number of imide groups is 1. The average molecular weight is 434 g/mol. The maximum absolute atomic E-state index is 13.6. The van der Waals surface area contributed by atoms with Crippen LogP contribution in [0.3, 0.4) is 0 Å². The van der Waals surface area contributed by atoms with Crippen molar-refractivity contribution in [1.29, 1.82) is 0 Å². The fraction of sp³-hybridized carbons (Fsp3) is 0.360. The van der Waals surface area contributed by atoms with Crippen LogP contribution in [-0.4, -0.2) is 53.5 Å². The number of hydrogen-bond acceptors (Lipinski definition) is 4. The van der Waals surface area contributed by atoms with E-state index in [2.05, 4.69) is 18.0 Å². The Morgan fingerprint density at radius 1 is 1.06 bits per heavy atom. The molecule has 2 atom stereocenters. The molecule has 1 saturated heterocycles. The van der Waals surface area contributed by atoms with Crippen LogP contribution in [0.1, 0.15) is 42.6 Å². The van der Waals surface area contributed by atoms with E-state index in [1.165, 1.54) is 4.90 Å². The van der Waals surface area contributed by atoms with Gasteiger partial charge in [-0.25, -0.2) is 4.79 Å². The van der Waals surface area contributed by atoms with Crippen molar-refractivity contribution in [2.45, 2.75) is 38.3 Å². The Kier molecular flexibility index (Phi) is 5.04. The third-order valence-corrected chi connectivity index (χ3v) is 6.60. The molecule has 1 N–H and O–H groups in total. The number of amides is 3. The summed E-state index contributed by atoms with van der Waals surface area (Å²) in [6.07, 6.45) is 2.20. The number of urea groups is 1. The molecule has 0 unspecified atom stereocenters. The highest BCUT2D eigenvalue weighted by Gasteiger charge is 2.52. The van der Waals surface area contributed by atoms with Gasteiger partial charge in [0.25, 0.3) is 5.91 Å². The second-order valence-corrected chi connectivity index (χ2v) is 8.30. The number of rotatable bonds is 6. The number of para-hydroxylation sites is 2. The third-order valence-electron chi connectivity index (χ3n) is 6.60. The molecule has 1 aromatic heterocycles. The molecule has 0 spiro atoms. The van der Waals surface area contributed by atoms with Crippen molar-refractivity contribution in [3.8, 4) is 11.5 Å². The minimum Gasteiger partial charge on any atom is -0.493 e. The number of aromatic nitrogens is 1. The lowest BCUT2D eigenvalue weighted by Gasteiger charge is -2.36. The Labute approximate surface area is 186 Å². The monoisotopic (exact) mass is 433 g/mol. The van der Waals surface area contributed by atoms with Gasteiger partial charge < -0.3 is 14.5 Å². The summed E-state index contributed by atoms with van der Waals surface area (Å²) in [6.45, 7) is 2.50. The molecule has 0 aliphatic carbocycles. The van der Waals surface area contributed by atoms with Crippen molar-refractivity contribution in [2.24, 2.45) is 0 Å². The van der Waals surface area contributed by atoms with E-state index in [1.807, 2.05) is 36.4 Å². The Balaban J connectivity index is 1.73. The zero-order valence-electron chi connectivity index (χ0n) is 18.6. The number of carbonyl (C=O) groups excluding carboxylic acids is 2. The molecule has 5 rings (SSSR count). The molecule has 166 valence electrons. The van der Waals surface area contributed by atoms with Gasteiger partial charge in [0.05, 0.1) is 14.2 Å². The lowest BCUT2D eigenvalue weighted by Crippen LogP contribution is -2.44. The summed E-state index contributed by atoms with van der Waals surface area (Å²) < 4.78 is 11.3. The van der Waals surface area contributed by atoms with Crippen LogP contribution in [-0.2, 0) is 11.2 Å². The van der Waals surface area contributed by atoms with Crippen LogP contribution >= 0.6 is 0 Å². The van der Waals surface area contributed by atoms with Crippen LogP contribution in [0, 0.1) is 0 Å². The number of carbonyl (C=O) groups is 2. The number of aromatic amines is 1. The van der Waals surface area contributed by atoms with Crippen molar-refractivity contribution in [3.05, 3.63) is 59.3 Å². The predicted octanol–water partition coefficient (Wildman–Crippen LogP) is 4.26. The molecule has 3 amide bonds. The molecule has 2 aliphatic rings. The van der Waals surface area contributed by atoms with Gasteiger partial charge >= 0.3 is 6.03 Å². The quantitative estimate of drug-likeness (QED) is 0.590. The van der Waals surface area contributed by atoms with Gasteiger partial charge in [0.1, 0.15) is 12.1 Å². The van der Waals surface area contributed by atoms with Gasteiger partial charge in [0.2, 0.25) is 0 Å². The predicted molar refractivity (Wildman–Crippen MR) is 121 cm³/mol. The van der Waals surface area contributed by atoms with Crippen LogP contribution < -0.4 is 9.47 Å². The van der Waals surface area contributed by atoms with Gasteiger partial charge in [-0.2, -0.15) is 0 Å². The van der Waals surface area contributed by atoms with Crippen molar-refractivity contribution in [1.82, 2.24) is 14.8 Å². The largest absolute Gasteiger partial charge is 0.493 e. The highest BCUT2D eigenvalue weighted by Crippen LogP contribution is 2.47. The molecule has 32 heavy (non-hydrogen) atoms. The normalized spacial score (nSPS) is 20.0. The zero-order valence-corrected chi connectivity index (χ0v) is 18.6. The Bertz CT molecular complexity index is 1200. The lowest BCUT2D eigenvalue weighted by molar-refractivity contribution is -0.128. The van der Waals surface area contributed by atoms with Crippen LogP contribution in [0.2, 0.25) is 0 Å². The smallest absolute Gasteiger partial charge is 0.328 e. The number of H-pyrrole nitrogens is 1. The van der Waals surface area contributed by atoms with Crippen LogP contribution in [0.15, 0.2) is 42.5 Å². The summed E-state index contributed by atoms with van der Waals surface area (Å²) in [5, 5.41) is 1.08. The van der Waals surface area contributed by atoms with Gasteiger partial charge in [-0.1, -0.05) is 43.7 Å². The fourth-order valence-electron chi connectivity index (χ4n) is 5.10. The van der Waals surface area contributed by atoms with Crippen LogP contribution in [0.4, 0.5) is 4.79 Å². The highest BCUT2D eigenvalue weighted by atomic mass is 16.5. The maximum Gasteiger partial charge on any atom is 0.328 e. The number of fused-ring (bicyclic) bond motifs is 4. The average Bonchev–Trinajstić information content (AvgIpc) is 3.30. The summed E-state index contributed by atoms with van der Waals surface area (Å²) in [5.41, 5.74) is 3.79. The van der Waals surface area contributed by atoms with E-state index in [1.54, 1.807) is 19.1 Å². The first-order valence-electron chi connectivity index (χ1n) is 11.0. The van der Waals surface area contributed by atoms with Gasteiger partial charge in [0.15, 0.2) is 11.5 Å². The third kappa shape index (κ3) is 2.87. The standard InChI is InChI=1S/C25H27N3O4/c1-4-5-13-27-24(29)19-14-17-15-9-6-7-11-18(15)26-21(17)22(28(19)25(27)30)16-10-8-12-20(31-2)23(16)32-3/h6-12,19,22,26H,4-5,13-14H2,1-3H3/t19-,22-/m1/s1. The van der Waals surface area contributed by atoms with Gasteiger partial charge in [-0.3, -0.25) is 14.6 Å². The van der Waals surface area contributed by atoms with Crippen molar-refractivity contribution in [3.63, 3.8) is 0 Å². The fourth-order valence-corrected chi connectivity index (χ4v) is 5.10. The van der Waals surface area contributed by atoms with Crippen molar-refractivity contribution >= 4 is 22.8 Å². The van der Waals surface area contributed by atoms with Crippen LogP contribution in [0.25, 0.3) is 10.9 Å². The highest BCUT2D eigenvalue weighted by molar-refractivity contribution is 6.05. The molecular weight excluding hydrogens is 406 g/mol. The van der Waals surface area contributed by atoms with E-state index in [4.69, 9.17) is 9.47 Å². The number of nitrogens with zero attached hydrogens (tertiary/aromatic N) is 2. The Morgan fingerprint density at radius 2 is 1.88 bits per heavy atom. The molecular formula is C25H27N3O4. The molecule has 1 fully saturated rings. The van der Waals surface area contributed by atoms with Gasteiger partial charge in [0, 0.05) is 35.1 Å². The zero-order chi connectivity index (χ0) is 22.4. The molecule has 3 heterocycles. The van der Waals surface area contributed by atoms with Gasteiger partial charge in [-0.15, -0.1) is 0 Å². The minimum absolute atomic E-state index is 0.119. The lowest BCUT2D eigenvalue weighted by atomic mass is 9.88. The minimum atomic E-state index is -0.535. The van der Waals surface area contributed by atoms with E-state index in [9.17, 15) is 9.59 Å². The van der Waals surface area contributed by atoms with Gasteiger partial charge in [-0.05, 0) is 24.1 Å². The van der Waals surface area contributed by atoms with E-state index >= 15 is 0 Å². The number of unbranched alkanes of at least 4 members (excludes halogenated alkanes) is 1. The summed E-state index contributed by atoms with van der Waals surface area (Å²) in [5.74, 6) is 1.04. The number of methoxy groups -OCH3 is 2. The number of benzene rings is 2. The summed E-state index contributed by atoms with van der Waals surface area (Å²) >= 11 is 0. The summed E-state index contributed by atoms with van der Waals surface area (Å²) in [4.78, 5) is 33.6. The SMILES string of the molecule is CCCCN1C(=O)[C@H]2Cc3c([nH]c4ccccc34)[C@@H](c3cccc(OC)c3OC)N2C1=O. The van der Waals surface area contributed by atoms with Crippen molar-refractivity contribution < 1.29 is 19.1 Å². The molecule has 7 heteroatoms. The van der Waals surface area contributed by atoms with E-state index in [-0.39, 0.29) is 11.9 Å². The maximum atomic E-state index is 13.6. The van der Waals surface area contributed by atoms with E-state index < -0.39 is 12.1 Å². The first kappa shape index (κ1) is 20.4.